The second kappa shape index (κ2) is 12.7. The third-order valence-corrected chi connectivity index (χ3v) is 8.35. The Morgan fingerprint density at radius 3 is 2.74 bits per heavy atom. The molecule has 1 aliphatic heterocycles. The smallest absolute Gasteiger partial charge is 0.244 e. The molecule has 3 aromatic rings. The van der Waals surface area contributed by atoms with Crippen LogP contribution in [0.15, 0.2) is 53.4 Å². The van der Waals surface area contributed by atoms with Crippen LogP contribution in [0.25, 0.3) is 11.0 Å². The normalized spacial score (nSPS) is 17.0. The zero-order valence-electron chi connectivity index (χ0n) is 22.0. The summed E-state index contributed by atoms with van der Waals surface area (Å²) >= 11 is 0. The minimum Gasteiger partial charge on any atom is -0.495 e. The summed E-state index contributed by atoms with van der Waals surface area (Å²) in [6.45, 7) is 2.62. The number of carbonyl (C=O) groups is 1. The zero-order valence-corrected chi connectivity index (χ0v) is 22.8. The SMILES string of the molecule is COCCCn1c([C@@H]2CCCN(C(=O)C[C@H](N)CNS(=O)(=O)c3ccccc3OC)C2)nc2ccccc21. The van der Waals surface area contributed by atoms with Crippen LogP contribution in [0, 0.1) is 0 Å². The van der Waals surface area contributed by atoms with Gasteiger partial charge in [0.15, 0.2) is 0 Å². The second-order valence-electron chi connectivity index (χ2n) is 9.60. The number of sulfonamides is 1. The first-order chi connectivity index (χ1) is 18.3. The van der Waals surface area contributed by atoms with Crippen LogP contribution in [-0.4, -0.2) is 75.3 Å². The standard InChI is InChI=1S/C27H37N5O5S/c1-36-16-8-15-32-23-11-4-3-10-22(23)30-27(32)20-9-7-14-31(19-20)26(33)17-21(28)18-29-38(34,35)25-13-6-5-12-24(25)37-2/h3-6,10-13,20-21,29H,7-9,14-19,28H2,1-2H3/t20-,21+/m1/s1. The molecule has 4 rings (SSSR count). The molecule has 0 spiro atoms. The Morgan fingerprint density at radius 2 is 1.95 bits per heavy atom. The maximum atomic E-state index is 13.2. The number of rotatable bonds is 12. The molecule has 11 heteroatoms. The number of benzene rings is 2. The molecule has 2 aromatic carbocycles. The van der Waals surface area contributed by atoms with Crippen LogP contribution in [-0.2, 0) is 26.1 Å². The maximum Gasteiger partial charge on any atom is 0.244 e. The first-order valence-electron chi connectivity index (χ1n) is 12.9. The van der Waals surface area contributed by atoms with Gasteiger partial charge in [-0.2, -0.15) is 0 Å². The Bertz CT molecular complexity index is 1340. The van der Waals surface area contributed by atoms with Gasteiger partial charge in [-0.1, -0.05) is 24.3 Å². The van der Waals surface area contributed by atoms with Gasteiger partial charge >= 0.3 is 0 Å². The van der Waals surface area contributed by atoms with E-state index in [1.54, 1.807) is 25.3 Å². The van der Waals surface area contributed by atoms with E-state index in [1.807, 2.05) is 23.1 Å². The number of hydrogen-bond donors (Lipinski definition) is 2. The van der Waals surface area contributed by atoms with E-state index in [9.17, 15) is 13.2 Å². The van der Waals surface area contributed by atoms with Crippen molar-refractivity contribution in [1.82, 2.24) is 19.2 Å². The number of nitrogens with zero attached hydrogens (tertiary/aromatic N) is 3. The average Bonchev–Trinajstić information content (AvgIpc) is 3.31. The van der Waals surface area contributed by atoms with Crippen LogP contribution in [0.5, 0.6) is 5.75 Å². The largest absolute Gasteiger partial charge is 0.495 e. The number of imidazole rings is 1. The monoisotopic (exact) mass is 543 g/mol. The van der Waals surface area contributed by atoms with Gasteiger partial charge in [-0.3, -0.25) is 4.79 Å². The highest BCUT2D eigenvalue weighted by Gasteiger charge is 2.29. The Morgan fingerprint density at radius 1 is 1.18 bits per heavy atom. The van der Waals surface area contributed by atoms with Crippen molar-refractivity contribution < 1.29 is 22.7 Å². The number of para-hydroxylation sites is 3. The van der Waals surface area contributed by atoms with Crippen molar-refractivity contribution in [3.8, 4) is 5.75 Å². The van der Waals surface area contributed by atoms with Gasteiger partial charge in [0.05, 0.1) is 18.1 Å². The molecule has 10 nitrogen and oxygen atoms in total. The van der Waals surface area contributed by atoms with Crippen LogP contribution in [0.2, 0.25) is 0 Å². The highest BCUT2D eigenvalue weighted by Crippen LogP contribution is 2.30. The van der Waals surface area contributed by atoms with E-state index < -0.39 is 16.1 Å². The highest BCUT2D eigenvalue weighted by molar-refractivity contribution is 7.89. The molecule has 1 aliphatic rings. The van der Waals surface area contributed by atoms with Crippen molar-refractivity contribution in [2.75, 3.05) is 40.5 Å². The Kier molecular flexibility index (Phi) is 9.37. The van der Waals surface area contributed by atoms with Gasteiger partial charge in [-0.25, -0.2) is 18.1 Å². The Hall–Kier alpha value is -2.99. The van der Waals surface area contributed by atoms with E-state index in [4.69, 9.17) is 20.2 Å². The molecule has 206 valence electrons. The van der Waals surface area contributed by atoms with Gasteiger partial charge in [0.1, 0.15) is 16.5 Å². The predicted octanol–water partition coefficient (Wildman–Crippen LogP) is 2.48. The van der Waals surface area contributed by atoms with Gasteiger partial charge < -0.3 is 24.7 Å². The molecule has 38 heavy (non-hydrogen) atoms. The number of methoxy groups -OCH3 is 2. The highest BCUT2D eigenvalue weighted by atomic mass is 32.2. The third kappa shape index (κ3) is 6.52. The summed E-state index contributed by atoms with van der Waals surface area (Å²) in [5.74, 6) is 1.27. The van der Waals surface area contributed by atoms with E-state index in [0.29, 0.717) is 19.7 Å². The molecule has 2 heterocycles. The first kappa shape index (κ1) is 28.0. The molecular formula is C27H37N5O5S. The van der Waals surface area contributed by atoms with Crippen LogP contribution in [0.4, 0.5) is 0 Å². The first-order valence-corrected chi connectivity index (χ1v) is 14.4. The maximum absolute atomic E-state index is 13.2. The number of piperidine rings is 1. The Balaban J connectivity index is 1.39. The summed E-state index contributed by atoms with van der Waals surface area (Å²) in [4.78, 5) is 20.0. The Labute approximate surface area is 224 Å². The van der Waals surface area contributed by atoms with Crippen molar-refractivity contribution in [2.24, 2.45) is 5.73 Å². The quantitative estimate of drug-likeness (QED) is 0.336. The van der Waals surface area contributed by atoms with E-state index in [2.05, 4.69) is 15.4 Å². The average molecular weight is 544 g/mol. The van der Waals surface area contributed by atoms with Crippen LogP contribution < -0.4 is 15.2 Å². The molecule has 1 saturated heterocycles. The lowest BCUT2D eigenvalue weighted by molar-refractivity contribution is -0.132. The fourth-order valence-electron chi connectivity index (χ4n) is 4.98. The summed E-state index contributed by atoms with van der Waals surface area (Å²) in [5, 5.41) is 0. The van der Waals surface area contributed by atoms with E-state index in [0.717, 1.165) is 42.7 Å². The summed E-state index contributed by atoms with van der Waals surface area (Å²) in [6, 6.07) is 13.8. The number of aromatic nitrogens is 2. The van der Waals surface area contributed by atoms with E-state index in [-0.39, 0.29) is 35.4 Å². The van der Waals surface area contributed by atoms with Crippen LogP contribution in [0.1, 0.15) is 37.4 Å². The van der Waals surface area contributed by atoms with Crippen molar-refractivity contribution in [3.63, 3.8) is 0 Å². The topological polar surface area (TPSA) is 129 Å². The lowest BCUT2D eigenvalue weighted by Gasteiger charge is -2.33. The van der Waals surface area contributed by atoms with Gasteiger partial charge in [0.25, 0.3) is 0 Å². The number of carbonyl (C=O) groups excluding carboxylic acids is 1. The van der Waals surface area contributed by atoms with Crippen LogP contribution in [0.3, 0.4) is 0 Å². The molecule has 1 aromatic heterocycles. The third-order valence-electron chi connectivity index (χ3n) is 6.88. The summed E-state index contributed by atoms with van der Waals surface area (Å²) in [6.07, 6.45) is 2.74. The van der Waals surface area contributed by atoms with Crippen molar-refractivity contribution in [1.29, 1.82) is 0 Å². The van der Waals surface area contributed by atoms with E-state index >= 15 is 0 Å². The lowest BCUT2D eigenvalue weighted by Crippen LogP contribution is -2.45. The number of ether oxygens (including phenoxy) is 2. The summed E-state index contributed by atoms with van der Waals surface area (Å²) < 4.78 is 40.7. The minimum atomic E-state index is -3.83. The van der Waals surface area contributed by atoms with Crippen molar-refractivity contribution in [2.45, 2.75) is 49.1 Å². The molecule has 2 atom stereocenters. The fraction of sp³-hybridized carbons (Fsp3) is 0.481. The molecule has 0 saturated carbocycles. The predicted molar refractivity (Wildman–Crippen MR) is 146 cm³/mol. The number of nitrogens with two attached hydrogens (primary N) is 1. The van der Waals surface area contributed by atoms with Gasteiger partial charge in [0, 0.05) is 58.3 Å². The number of aryl methyl sites for hydroxylation is 1. The zero-order chi connectivity index (χ0) is 27.1. The van der Waals surface area contributed by atoms with Gasteiger partial charge in [-0.15, -0.1) is 0 Å². The van der Waals surface area contributed by atoms with E-state index in [1.165, 1.54) is 13.2 Å². The molecule has 0 radical (unpaired) electrons. The lowest BCUT2D eigenvalue weighted by atomic mass is 9.96. The molecule has 1 fully saturated rings. The fourth-order valence-corrected chi connectivity index (χ4v) is 6.25. The van der Waals surface area contributed by atoms with Crippen molar-refractivity contribution >= 4 is 27.0 Å². The minimum absolute atomic E-state index is 0.0355. The number of amides is 1. The summed E-state index contributed by atoms with van der Waals surface area (Å²) in [5.41, 5.74) is 8.23. The number of fused-ring (bicyclic) bond motifs is 1. The summed E-state index contributed by atoms with van der Waals surface area (Å²) in [7, 11) is -0.715. The molecule has 0 aliphatic carbocycles. The molecule has 3 N–H and O–H groups in total. The molecule has 0 unspecified atom stereocenters. The number of hydrogen-bond acceptors (Lipinski definition) is 7. The molecular weight excluding hydrogens is 506 g/mol. The van der Waals surface area contributed by atoms with Gasteiger partial charge in [-0.05, 0) is 43.5 Å². The number of nitrogens with one attached hydrogen (secondary N) is 1. The van der Waals surface area contributed by atoms with Crippen LogP contribution >= 0.6 is 0 Å². The molecule has 1 amide bonds. The number of likely N-dealkylation sites (tertiary alicyclic amines) is 1. The second-order valence-corrected chi connectivity index (χ2v) is 11.3. The molecule has 0 bridgehead atoms. The van der Waals surface area contributed by atoms with Crippen molar-refractivity contribution in [3.05, 3.63) is 54.4 Å². The van der Waals surface area contributed by atoms with Gasteiger partial charge in [0.2, 0.25) is 15.9 Å².